The van der Waals surface area contributed by atoms with Crippen molar-refractivity contribution in [2.45, 2.75) is 31.7 Å². The van der Waals surface area contributed by atoms with Gasteiger partial charge in [0.1, 0.15) is 5.75 Å². The van der Waals surface area contributed by atoms with Crippen molar-refractivity contribution in [3.63, 3.8) is 0 Å². The molecule has 2 aliphatic heterocycles. The lowest BCUT2D eigenvalue weighted by molar-refractivity contribution is -0.0291. The summed E-state index contributed by atoms with van der Waals surface area (Å²) >= 11 is 0. The first-order valence-electron chi connectivity index (χ1n) is 16.8. The van der Waals surface area contributed by atoms with Crippen LogP contribution in [0.15, 0.2) is 97.1 Å². The zero-order valence-corrected chi connectivity index (χ0v) is 26.9. The Hall–Kier alpha value is -3.30. The van der Waals surface area contributed by atoms with E-state index in [1.54, 1.807) is 0 Å². The van der Waals surface area contributed by atoms with E-state index < -0.39 is 0 Å². The second kappa shape index (κ2) is 17.6. The number of nitrogens with one attached hydrogen (secondary N) is 1. The average molecular weight is 625 g/mol. The van der Waals surface area contributed by atoms with Crippen molar-refractivity contribution < 1.29 is 23.7 Å². The molecular weight excluding hydrogens is 576 g/mol. The van der Waals surface area contributed by atoms with Crippen molar-refractivity contribution in [1.29, 1.82) is 0 Å². The van der Waals surface area contributed by atoms with E-state index in [4.69, 9.17) is 23.7 Å². The average Bonchev–Trinajstić information content (AvgIpc) is 3.12. The van der Waals surface area contributed by atoms with E-state index in [9.17, 15) is 0 Å². The summed E-state index contributed by atoms with van der Waals surface area (Å²) in [4.78, 5) is 2.42. The SMILES string of the molecule is c1ccc(COCCCOc2ccc([C@H]3[C@@H](COCCN4CCOCC4)CNC[C@@H]3OCc3ccc4ccccc4c3)cc2)cc1. The summed E-state index contributed by atoms with van der Waals surface area (Å²) in [5.41, 5.74) is 3.65. The monoisotopic (exact) mass is 624 g/mol. The quantitative estimate of drug-likeness (QED) is 0.152. The molecule has 0 saturated carbocycles. The minimum atomic E-state index is 0.0293. The van der Waals surface area contributed by atoms with E-state index in [0.29, 0.717) is 39.0 Å². The number of hydrogen-bond donors (Lipinski definition) is 1. The van der Waals surface area contributed by atoms with Crippen LogP contribution in [0.2, 0.25) is 0 Å². The minimum Gasteiger partial charge on any atom is -0.494 e. The lowest BCUT2D eigenvalue weighted by Crippen LogP contribution is -2.48. The molecule has 0 bridgehead atoms. The van der Waals surface area contributed by atoms with Gasteiger partial charge in [0.05, 0.1) is 59.0 Å². The first-order valence-corrected chi connectivity index (χ1v) is 16.8. The Morgan fingerprint density at radius 2 is 1.52 bits per heavy atom. The third kappa shape index (κ3) is 9.61. The van der Waals surface area contributed by atoms with Crippen molar-refractivity contribution in [3.8, 4) is 5.75 Å². The van der Waals surface area contributed by atoms with Gasteiger partial charge in [-0.15, -0.1) is 0 Å². The number of fused-ring (bicyclic) bond motifs is 1. The van der Waals surface area contributed by atoms with Gasteiger partial charge in [0.15, 0.2) is 0 Å². The van der Waals surface area contributed by atoms with Gasteiger partial charge in [0.2, 0.25) is 0 Å². The van der Waals surface area contributed by atoms with Gasteiger partial charge in [-0.3, -0.25) is 4.90 Å². The fraction of sp³-hybridized carbons (Fsp3) is 0.436. The van der Waals surface area contributed by atoms with Gasteiger partial charge in [0.25, 0.3) is 0 Å². The van der Waals surface area contributed by atoms with Gasteiger partial charge < -0.3 is 29.0 Å². The summed E-state index contributed by atoms with van der Waals surface area (Å²) in [6.45, 7) is 10.2. The second-order valence-corrected chi connectivity index (χ2v) is 12.3. The summed E-state index contributed by atoms with van der Waals surface area (Å²) < 4.78 is 30.4. The Morgan fingerprint density at radius 3 is 2.37 bits per heavy atom. The van der Waals surface area contributed by atoms with Crippen molar-refractivity contribution in [1.82, 2.24) is 10.2 Å². The van der Waals surface area contributed by atoms with Crippen LogP contribution in [0.1, 0.15) is 29.0 Å². The number of nitrogens with zero attached hydrogens (tertiary/aromatic N) is 1. The maximum absolute atomic E-state index is 6.70. The van der Waals surface area contributed by atoms with Crippen molar-refractivity contribution in [3.05, 3.63) is 114 Å². The van der Waals surface area contributed by atoms with Gasteiger partial charge in [-0.25, -0.2) is 0 Å². The lowest BCUT2D eigenvalue weighted by Gasteiger charge is -2.39. The Labute approximate surface area is 273 Å². The third-order valence-electron chi connectivity index (χ3n) is 9.00. The molecule has 2 aliphatic rings. The molecule has 6 rings (SSSR count). The molecule has 46 heavy (non-hydrogen) atoms. The topological polar surface area (TPSA) is 61.4 Å². The fourth-order valence-electron chi connectivity index (χ4n) is 6.47. The molecule has 2 heterocycles. The Bertz CT molecular complexity index is 1440. The molecule has 4 aromatic carbocycles. The maximum atomic E-state index is 6.70. The molecule has 2 saturated heterocycles. The molecule has 0 spiro atoms. The predicted molar refractivity (Wildman–Crippen MR) is 182 cm³/mol. The third-order valence-corrected chi connectivity index (χ3v) is 9.00. The normalized spacial score (nSPS) is 20.6. The molecule has 244 valence electrons. The van der Waals surface area contributed by atoms with E-state index in [1.165, 1.54) is 27.5 Å². The van der Waals surface area contributed by atoms with Crippen LogP contribution >= 0.6 is 0 Å². The summed E-state index contributed by atoms with van der Waals surface area (Å²) in [6.07, 6.45) is 0.874. The number of rotatable bonds is 16. The molecular formula is C39H48N2O5. The number of morpholine rings is 1. The first-order chi connectivity index (χ1) is 22.8. The summed E-state index contributed by atoms with van der Waals surface area (Å²) in [7, 11) is 0. The van der Waals surface area contributed by atoms with Crippen LogP contribution in [0.5, 0.6) is 5.75 Å². The highest BCUT2D eigenvalue weighted by atomic mass is 16.5. The number of hydrogen-bond acceptors (Lipinski definition) is 7. The standard InChI is InChI=1S/C39H48N2O5/c1-2-7-31(8-3-1)28-43-20-6-21-45-37-15-13-34(14-16-37)39-36(30-44-24-19-41-17-22-42-23-18-41)26-40-27-38(39)46-29-32-11-12-33-9-4-5-10-35(33)25-32/h1-5,7-16,25,36,38-40H,6,17-24,26-30H2/t36-,38+,39+/m1/s1. The van der Waals surface area contributed by atoms with E-state index in [-0.39, 0.29) is 12.0 Å². The zero-order valence-electron chi connectivity index (χ0n) is 26.9. The molecule has 0 aromatic heterocycles. The summed E-state index contributed by atoms with van der Waals surface area (Å²) in [5.74, 6) is 1.40. The molecule has 1 N–H and O–H groups in total. The van der Waals surface area contributed by atoms with Crippen LogP contribution in [0.3, 0.4) is 0 Å². The van der Waals surface area contributed by atoms with Crippen LogP contribution in [0.4, 0.5) is 0 Å². The number of ether oxygens (including phenoxy) is 5. The van der Waals surface area contributed by atoms with Crippen molar-refractivity contribution in [2.24, 2.45) is 5.92 Å². The molecule has 0 radical (unpaired) electrons. The largest absolute Gasteiger partial charge is 0.494 e. The van der Waals surface area contributed by atoms with Gasteiger partial charge >= 0.3 is 0 Å². The summed E-state index contributed by atoms with van der Waals surface area (Å²) in [5, 5.41) is 6.13. The molecule has 2 fully saturated rings. The molecule has 7 heteroatoms. The Kier molecular flexibility index (Phi) is 12.5. The highest BCUT2D eigenvalue weighted by molar-refractivity contribution is 5.82. The number of benzene rings is 4. The number of piperidine rings is 1. The molecule has 0 amide bonds. The van der Waals surface area contributed by atoms with Crippen LogP contribution in [-0.4, -0.2) is 83.4 Å². The zero-order chi connectivity index (χ0) is 31.2. The van der Waals surface area contributed by atoms with Crippen molar-refractivity contribution in [2.75, 3.05) is 72.4 Å². The first kappa shape index (κ1) is 32.6. The molecule has 4 aromatic rings. The predicted octanol–water partition coefficient (Wildman–Crippen LogP) is 6.06. The fourth-order valence-corrected chi connectivity index (χ4v) is 6.47. The van der Waals surface area contributed by atoms with E-state index in [2.05, 4.69) is 89.1 Å². The van der Waals surface area contributed by atoms with Gasteiger partial charge in [0, 0.05) is 51.0 Å². The van der Waals surface area contributed by atoms with E-state index in [0.717, 1.165) is 64.7 Å². The van der Waals surface area contributed by atoms with Gasteiger partial charge in [-0.2, -0.15) is 0 Å². The van der Waals surface area contributed by atoms with Gasteiger partial charge in [-0.05, 0) is 45.7 Å². The Balaban J connectivity index is 1.05. The smallest absolute Gasteiger partial charge is 0.119 e. The van der Waals surface area contributed by atoms with E-state index in [1.807, 2.05) is 18.2 Å². The minimum absolute atomic E-state index is 0.0293. The second-order valence-electron chi connectivity index (χ2n) is 12.3. The van der Waals surface area contributed by atoms with E-state index >= 15 is 0 Å². The van der Waals surface area contributed by atoms with Crippen LogP contribution in [0, 0.1) is 5.92 Å². The van der Waals surface area contributed by atoms with Gasteiger partial charge in [-0.1, -0.05) is 78.9 Å². The molecule has 0 aliphatic carbocycles. The molecule has 7 nitrogen and oxygen atoms in total. The highest BCUT2D eigenvalue weighted by Crippen LogP contribution is 2.34. The highest BCUT2D eigenvalue weighted by Gasteiger charge is 2.35. The maximum Gasteiger partial charge on any atom is 0.119 e. The summed E-state index contributed by atoms with van der Waals surface area (Å²) in [6, 6.07) is 34.0. The van der Waals surface area contributed by atoms with Crippen molar-refractivity contribution >= 4 is 10.8 Å². The molecule has 3 atom stereocenters. The van der Waals surface area contributed by atoms with Crippen LogP contribution in [-0.2, 0) is 32.2 Å². The lowest BCUT2D eigenvalue weighted by atomic mass is 9.79. The molecule has 0 unspecified atom stereocenters. The van der Waals surface area contributed by atoms with Crippen LogP contribution in [0.25, 0.3) is 10.8 Å². The Morgan fingerprint density at radius 1 is 0.717 bits per heavy atom. The van der Waals surface area contributed by atoms with Crippen LogP contribution < -0.4 is 10.1 Å².